The number of hydrogen-bond acceptors (Lipinski definition) is 2. The SMILES string of the molecule is O=S(=O)(c1ccccc1Cl)N(CCCCl)C1CCC1. The molecule has 0 spiro atoms. The van der Waals surface area contributed by atoms with Crippen LogP contribution in [0.5, 0.6) is 0 Å². The van der Waals surface area contributed by atoms with Crippen molar-refractivity contribution in [2.75, 3.05) is 12.4 Å². The smallest absolute Gasteiger partial charge is 0.207 e. The predicted octanol–water partition coefficient (Wildman–Crippen LogP) is 3.51. The molecule has 2 rings (SSSR count). The van der Waals surface area contributed by atoms with Crippen LogP contribution in [0, 0.1) is 0 Å². The van der Waals surface area contributed by atoms with Gasteiger partial charge in [0.15, 0.2) is 0 Å². The minimum absolute atomic E-state index is 0.101. The highest BCUT2D eigenvalue weighted by atomic mass is 35.5. The summed E-state index contributed by atoms with van der Waals surface area (Å²) in [4.78, 5) is 0.193. The number of hydrogen-bond donors (Lipinski definition) is 0. The largest absolute Gasteiger partial charge is 0.244 e. The molecule has 0 amide bonds. The number of rotatable bonds is 6. The molecule has 0 unspecified atom stereocenters. The van der Waals surface area contributed by atoms with E-state index in [2.05, 4.69) is 0 Å². The van der Waals surface area contributed by atoms with Gasteiger partial charge in [-0.25, -0.2) is 8.42 Å². The average Bonchev–Trinajstić information content (AvgIpc) is 2.32. The first-order valence-electron chi connectivity index (χ1n) is 6.39. The lowest BCUT2D eigenvalue weighted by atomic mass is 9.93. The van der Waals surface area contributed by atoms with Crippen molar-refractivity contribution in [3.05, 3.63) is 29.3 Å². The zero-order valence-corrected chi connectivity index (χ0v) is 12.9. The highest BCUT2D eigenvalue weighted by Crippen LogP contribution is 2.32. The normalized spacial score (nSPS) is 16.6. The molecular formula is C13H17Cl2NO2S. The summed E-state index contributed by atoms with van der Waals surface area (Å²) < 4.78 is 27.0. The van der Waals surface area contributed by atoms with Gasteiger partial charge in [-0.05, 0) is 31.4 Å². The summed E-state index contributed by atoms with van der Waals surface area (Å²) in [6.07, 6.45) is 3.58. The number of halogens is 2. The Hall–Kier alpha value is -0.290. The van der Waals surface area contributed by atoms with E-state index in [0.29, 0.717) is 18.8 Å². The highest BCUT2D eigenvalue weighted by Gasteiger charge is 2.35. The van der Waals surface area contributed by atoms with Gasteiger partial charge in [-0.15, -0.1) is 11.6 Å². The summed E-state index contributed by atoms with van der Waals surface area (Å²) in [7, 11) is -3.52. The first-order chi connectivity index (χ1) is 9.07. The summed E-state index contributed by atoms with van der Waals surface area (Å²) in [6, 6.07) is 6.69. The van der Waals surface area contributed by atoms with E-state index in [1.807, 2.05) is 0 Å². The van der Waals surface area contributed by atoms with Gasteiger partial charge in [0.2, 0.25) is 10.0 Å². The van der Waals surface area contributed by atoms with Crippen LogP contribution < -0.4 is 0 Å². The van der Waals surface area contributed by atoms with Crippen LogP contribution in [-0.2, 0) is 10.0 Å². The van der Waals surface area contributed by atoms with Crippen molar-refractivity contribution in [1.29, 1.82) is 0 Å². The number of alkyl halides is 1. The van der Waals surface area contributed by atoms with Crippen LogP contribution in [0.2, 0.25) is 5.02 Å². The fraction of sp³-hybridized carbons (Fsp3) is 0.538. The van der Waals surface area contributed by atoms with E-state index < -0.39 is 10.0 Å². The Morgan fingerprint density at radius 3 is 2.47 bits per heavy atom. The first kappa shape index (κ1) is 15.1. The van der Waals surface area contributed by atoms with E-state index in [1.165, 1.54) is 0 Å². The maximum absolute atomic E-state index is 12.7. The van der Waals surface area contributed by atoms with E-state index >= 15 is 0 Å². The lowest BCUT2D eigenvalue weighted by Gasteiger charge is -2.36. The molecule has 1 aliphatic carbocycles. The van der Waals surface area contributed by atoms with E-state index in [0.717, 1.165) is 19.3 Å². The molecule has 0 heterocycles. The third-order valence-electron chi connectivity index (χ3n) is 3.42. The van der Waals surface area contributed by atoms with E-state index in [-0.39, 0.29) is 16.0 Å². The summed E-state index contributed by atoms with van der Waals surface area (Å²) in [5.74, 6) is 0.460. The van der Waals surface area contributed by atoms with Gasteiger partial charge in [-0.2, -0.15) is 4.31 Å². The van der Waals surface area contributed by atoms with Crippen molar-refractivity contribution in [2.45, 2.75) is 36.6 Å². The second kappa shape index (κ2) is 6.44. The van der Waals surface area contributed by atoms with Crippen molar-refractivity contribution in [3.63, 3.8) is 0 Å². The second-order valence-corrected chi connectivity index (χ2v) is 7.32. The first-order valence-corrected chi connectivity index (χ1v) is 8.75. The van der Waals surface area contributed by atoms with E-state index in [4.69, 9.17) is 23.2 Å². The van der Waals surface area contributed by atoms with Crippen LogP contribution in [0.4, 0.5) is 0 Å². The van der Waals surface area contributed by atoms with Gasteiger partial charge in [-0.3, -0.25) is 0 Å². The van der Waals surface area contributed by atoms with Gasteiger partial charge in [0.05, 0.1) is 5.02 Å². The maximum atomic E-state index is 12.7. The molecule has 1 fully saturated rings. The number of benzene rings is 1. The molecular weight excluding hydrogens is 305 g/mol. The molecule has 106 valence electrons. The van der Waals surface area contributed by atoms with Crippen LogP contribution in [0.3, 0.4) is 0 Å². The number of nitrogens with zero attached hydrogens (tertiary/aromatic N) is 1. The van der Waals surface area contributed by atoms with Crippen LogP contribution >= 0.6 is 23.2 Å². The molecule has 0 bridgehead atoms. The lowest BCUT2D eigenvalue weighted by molar-refractivity contribution is 0.220. The van der Waals surface area contributed by atoms with E-state index in [9.17, 15) is 8.42 Å². The van der Waals surface area contributed by atoms with Crippen molar-refractivity contribution in [1.82, 2.24) is 4.31 Å². The third-order valence-corrected chi connectivity index (χ3v) is 6.14. The van der Waals surface area contributed by atoms with Crippen LogP contribution in [0.25, 0.3) is 0 Å². The van der Waals surface area contributed by atoms with Crippen LogP contribution in [-0.4, -0.2) is 31.2 Å². The van der Waals surface area contributed by atoms with Crippen molar-refractivity contribution < 1.29 is 8.42 Å². The standard InChI is InChI=1S/C13H17Cl2NO2S/c14-9-4-10-16(11-5-3-6-11)19(17,18)13-8-2-1-7-12(13)15/h1-2,7-8,11H,3-6,9-10H2. The number of sulfonamides is 1. The second-order valence-electron chi connectivity index (χ2n) is 4.67. The van der Waals surface area contributed by atoms with Gasteiger partial charge in [0, 0.05) is 18.5 Å². The summed E-state index contributed by atoms with van der Waals surface area (Å²) in [5.41, 5.74) is 0. The zero-order chi connectivity index (χ0) is 13.9. The summed E-state index contributed by atoms with van der Waals surface area (Å²) in [5, 5.41) is 0.276. The van der Waals surface area contributed by atoms with Crippen molar-refractivity contribution in [2.24, 2.45) is 0 Å². The van der Waals surface area contributed by atoms with Gasteiger partial charge >= 0.3 is 0 Å². The quantitative estimate of drug-likeness (QED) is 0.752. The molecule has 0 aromatic heterocycles. The Bertz CT molecular complexity index is 529. The summed E-state index contributed by atoms with van der Waals surface area (Å²) >= 11 is 11.7. The molecule has 0 radical (unpaired) electrons. The van der Waals surface area contributed by atoms with Gasteiger partial charge in [0.1, 0.15) is 4.90 Å². The van der Waals surface area contributed by atoms with Gasteiger partial charge < -0.3 is 0 Å². The molecule has 0 N–H and O–H groups in total. The Labute approximate surface area is 124 Å². The lowest BCUT2D eigenvalue weighted by Crippen LogP contribution is -2.44. The van der Waals surface area contributed by atoms with Crippen molar-refractivity contribution >= 4 is 33.2 Å². The molecule has 0 aliphatic heterocycles. The molecule has 1 aromatic rings. The Balaban J connectivity index is 2.31. The third kappa shape index (κ3) is 3.24. The Morgan fingerprint density at radius 2 is 1.95 bits per heavy atom. The summed E-state index contributed by atoms with van der Waals surface area (Å²) in [6.45, 7) is 0.460. The average molecular weight is 322 g/mol. The molecule has 6 heteroatoms. The molecule has 1 aliphatic rings. The highest BCUT2D eigenvalue weighted by molar-refractivity contribution is 7.89. The Kier molecular flexibility index (Phi) is 5.12. The molecule has 1 aromatic carbocycles. The maximum Gasteiger partial charge on any atom is 0.244 e. The molecule has 19 heavy (non-hydrogen) atoms. The predicted molar refractivity (Wildman–Crippen MR) is 78.3 cm³/mol. The minimum Gasteiger partial charge on any atom is -0.207 e. The molecule has 3 nitrogen and oxygen atoms in total. The fourth-order valence-electron chi connectivity index (χ4n) is 2.17. The van der Waals surface area contributed by atoms with Crippen molar-refractivity contribution in [3.8, 4) is 0 Å². The molecule has 0 atom stereocenters. The zero-order valence-electron chi connectivity index (χ0n) is 10.6. The van der Waals surface area contributed by atoms with Gasteiger partial charge in [-0.1, -0.05) is 30.2 Å². The minimum atomic E-state index is -3.52. The topological polar surface area (TPSA) is 37.4 Å². The Morgan fingerprint density at radius 1 is 1.26 bits per heavy atom. The van der Waals surface area contributed by atoms with E-state index in [1.54, 1.807) is 28.6 Å². The van der Waals surface area contributed by atoms with Crippen LogP contribution in [0.15, 0.2) is 29.2 Å². The molecule has 1 saturated carbocycles. The van der Waals surface area contributed by atoms with Gasteiger partial charge in [0.25, 0.3) is 0 Å². The molecule has 0 saturated heterocycles. The van der Waals surface area contributed by atoms with Crippen LogP contribution in [0.1, 0.15) is 25.7 Å². The fourth-order valence-corrected chi connectivity index (χ4v) is 4.51. The monoisotopic (exact) mass is 321 g/mol.